The standard InChI is InChI=1S/C16H25N3O2/c1-12-4-3-5-14(17)16(12)18-15(20)10-19-8-6-13(7-9-19)11-21-2/h3-5,13H,6-11,17H2,1-2H3,(H,18,20). The minimum atomic E-state index is 0.00110. The third kappa shape index (κ3) is 4.44. The second-order valence-corrected chi connectivity index (χ2v) is 5.76. The number of rotatable bonds is 5. The Morgan fingerprint density at radius 3 is 2.76 bits per heavy atom. The number of benzene rings is 1. The molecule has 1 heterocycles. The maximum Gasteiger partial charge on any atom is 0.238 e. The summed E-state index contributed by atoms with van der Waals surface area (Å²) in [5.74, 6) is 0.627. The zero-order valence-corrected chi connectivity index (χ0v) is 12.9. The van der Waals surface area contributed by atoms with Gasteiger partial charge in [-0.05, 0) is 50.4 Å². The summed E-state index contributed by atoms with van der Waals surface area (Å²) < 4.78 is 5.19. The van der Waals surface area contributed by atoms with Gasteiger partial charge in [-0.3, -0.25) is 9.69 Å². The Bertz CT molecular complexity index is 462. The lowest BCUT2D eigenvalue weighted by Crippen LogP contribution is -2.40. The van der Waals surface area contributed by atoms with E-state index in [0.29, 0.717) is 18.2 Å². The summed E-state index contributed by atoms with van der Waals surface area (Å²) in [5.41, 5.74) is 8.25. The van der Waals surface area contributed by atoms with Crippen molar-refractivity contribution in [1.82, 2.24) is 4.90 Å². The second-order valence-electron chi connectivity index (χ2n) is 5.76. The number of aryl methyl sites for hydroxylation is 1. The number of nitrogen functional groups attached to an aromatic ring is 1. The fourth-order valence-electron chi connectivity index (χ4n) is 2.79. The fraction of sp³-hybridized carbons (Fsp3) is 0.562. The van der Waals surface area contributed by atoms with Crippen LogP contribution in [0.15, 0.2) is 18.2 Å². The van der Waals surface area contributed by atoms with E-state index in [1.807, 2.05) is 19.1 Å². The molecule has 0 aromatic heterocycles. The van der Waals surface area contributed by atoms with E-state index in [0.717, 1.165) is 43.8 Å². The number of nitrogens with zero attached hydrogens (tertiary/aromatic N) is 1. The molecule has 0 radical (unpaired) electrons. The first-order valence-electron chi connectivity index (χ1n) is 7.46. The van der Waals surface area contributed by atoms with Crippen molar-refractivity contribution < 1.29 is 9.53 Å². The van der Waals surface area contributed by atoms with Crippen LogP contribution in [0.25, 0.3) is 0 Å². The van der Waals surface area contributed by atoms with Crippen LogP contribution in [0.3, 0.4) is 0 Å². The number of hydrogen-bond acceptors (Lipinski definition) is 4. The van der Waals surface area contributed by atoms with Gasteiger partial charge in [-0.25, -0.2) is 0 Å². The van der Waals surface area contributed by atoms with E-state index in [9.17, 15) is 4.79 Å². The monoisotopic (exact) mass is 291 g/mol. The molecule has 0 spiro atoms. The summed E-state index contributed by atoms with van der Waals surface area (Å²) in [4.78, 5) is 14.3. The van der Waals surface area contributed by atoms with Gasteiger partial charge in [0, 0.05) is 13.7 Å². The number of methoxy groups -OCH3 is 1. The summed E-state index contributed by atoms with van der Waals surface area (Å²) in [6, 6.07) is 5.64. The smallest absolute Gasteiger partial charge is 0.238 e. The zero-order valence-electron chi connectivity index (χ0n) is 12.9. The number of anilines is 2. The van der Waals surface area contributed by atoms with Gasteiger partial charge >= 0.3 is 0 Å². The number of para-hydroxylation sites is 1. The molecule has 0 saturated carbocycles. The number of ether oxygens (including phenoxy) is 1. The number of nitrogens with one attached hydrogen (secondary N) is 1. The van der Waals surface area contributed by atoms with E-state index in [4.69, 9.17) is 10.5 Å². The normalized spacial score (nSPS) is 16.9. The van der Waals surface area contributed by atoms with Gasteiger partial charge in [0.1, 0.15) is 0 Å². The molecule has 0 bridgehead atoms. The van der Waals surface area contributed by atoms with E-state index < -0.39 is 0 Å². The van der Waals surface area contributed by atoms with Gasteiger partial charge in [0.15, 0.2) is 0 Å². The van der Waals surface area contributed by atoms with Crippen LogP contribution in [0, 0.1) is 12.8 Å². The van der Waals surface area contributed by atoms with Crippen LogP contribution >= 0.6 is 0 Å². The number of carbonyl (C=O) groups excluding carboxylic acids is 1. The van der Waals surface area contributed by atoms with Crippen molar-refractivity contribution in [3.05, 3.63) is 23.8 Å². The van der Waals surface area contributed by atoms with Crippen molar-refractivity contribution >= 4 is 17.3 Å². The number of nitrogens with two attached hydrogens (primary N) is 1. The van der Waals surface area contributed by atoms with Gasteiger partial charge in [-0.2, -0.15) is 0 Å². The van der Waals surface area contributed by atoms with Gasteiger partial charge in [0.05, 0.1) is 17.9 Å². The number of likely N-dealkylation sites (tertiary alicyclic amines) is 1. The van der Waals surface area contributed by atoms with E-state index in [1.54, 1.807) is 13.2 Å². The number of carbonyl (C=O) groups is 1. The number of hydrogen-bond donors (Lipinski definition) is 2. The fourth-order valence-corrected chi connectivity index (χ4v) is 2.79. The maximum absolute atomic E-state index is 12.2. The lowest BCUT2D eigenvalue weighted by atomic mass is 9.98. The van der Waals surface area contributed by atoms with Crippen molar-refractivity contribution in [3.63, 3.8) is 0 Å². The molecule has 3 N–H and O–H groups in total. The van der Waals surface area contributed by atoms with Crippen LogP contribution in [0.2, 0.25) is 0 Å². The van der Waals surface area contributed by atoms with Crippen LogP contribution in [0.5, 0.6) is 0 Å². The summed E-state index contributed by atoms with van der Waals surface area (Å²) in [7, 11) is 1.74. The average Bonchev–Trinajstić information content (AvgIpc) is 2.45. The summed E-state index contributed by atoms with van der Waals surface area (Å²) in [5, 5.41) is 2.93. The highest BCUT2D eigenvalue weighted by Gasteiger charge is 2.21. The van der Waals surface area contributed by atoms with Crippen LogP contribution < -0.4 is 11.1 Å². The summed E-state index contributed by atoms with van der Waals surface area (Å²) in [6.07, 6.45) is 2.18. The largest absolute Gasteiger partial charge is 0.397 e. The number of amides is 1. The molecule has 1 saturated heterocycles. The molecule has 1 amide bonds. The highest BCUT2D eigenvalue weighted by atomic mass is 16.5. The molecule has 5 nitrogen and oxygen atoms in total. The van der Waals surface area contributed by atoms with E-state index >= 15 is 0 Å². The Hall–Kier alpha value is -1.59. The molecule has 1 fully saturated rings. The number of piperidine rings is 1. The minimum absolute atomic E-state index is 0.00110. The quantitative estimate of drug-likeness (QED) is 0.813. The van der Waals surface area contributed by atoms with Crippen molar-refractivity contribution in [3.8, 4) is 0 Å². The van der Waals surface area contributed by atoms with Crippen molar-refractivity contribution in [1.29, 1.82) is 0 Å². The lowest BCUT2D eigenvalue weighted by Gasteiger charge is -2.31. The molecular formula is C16H25N3O2. The summed E-state index contributed by atoms with van der Waals surface area (Å²) in [6.45, 7) is 5.09. The van der Waals surface area contributed by atoms with E-state index in [2.05, 4.69) is 10.2 Å². The molecule has 1 aromatic rings. The lowest BCUT2D eigenvalue weighted by molar-refractivity contribution is -0.117. The molecule has 1 aromatic carbocycles. The van der Waals surface area contributed by atoms with Gasteiger partial charge in [0.2, 0.25) is 5.91 Å². The van der Waals surface area contributed by atoms with Crippen molar-refractivity contribution in [2.45, 2.75) is 19.8 Å². The van der Waals surface area contributed by atoms with Gasteiger partial charge in [-0.15, -0.1) is 0 Å². The SMILES string of the molecule is COCC1CCN(CC(=O)Nc2c(C)cccc2N)CC1. The Morgan fingerprint density at radius 2 is 2.14 bits per heavy atom. The highest BCUT2D eigenvalue weighted by molar-refractivity contribution is 5.96. The molecule has 116 valence electrons. The Kier molecular flexibility index (Phi) is 5.59. The van der Waals surface area contributed by atoms with Crippen LogP contribution in [0.4, 0.5) is 11.4 Å². The first-order chi connectivity index (χ1) is 10.1. The Labute approximate surface area is 126 Å². The molecule has 5 heteroatoms. The third-order valence-corrected chi connectivity index (χ3v) is 4.05. The first kappa shape index (κ1) is 15.8. The highest BCUT2D eigenvalue weighted by Crippen LogP contribution is 2.22. The minimum Gasteiger partial charge on any atom is -0.397 e. The molecule has 21 heavy (non-hydrogen) atoms. The molecule has 0 aliphatic carbocycles. The van der Waals surface area contributed by atoms with Gasteiger partial charge in [0.25, 0.3) is 0 Å². The molecule has 1 aliphatic heterocycles. The third-order valence-electron chi connectivity index (χ3n) is 4.05. The van der Waals surface area contributed by atoms with Crippen LogP contribution in [0.1, 0.15) is 18.4 Å². The topological polar surface area (TPSA) is 67.6 Å². The molecule has 2 rings (SSSR count). The zero-order chi connectivity index (χ0) is 15.2. The van der Waals surface area contributed by atoms with E-state index in [1.165, 1.54) is 0 Å². The predicted octanol–water partition coefficient (Wildman–Crippen LogP) is 1.87. The molecule has 1 aliphatic rings. The first-order valence-corrected chi connectivity index (χ1v) is 7.46. The molecule has 0 atom stereocenters. The van der Waals surface area contributed by atoms with Gasteiger partial charge < -0.3 is 15.8 Å². The van der Waals surface area contributed by atoms with Crippen molar-refractivity contribution in [2.75, 3.05) is 44.4 Å². The Balaban J connectivity index is 1.83. The Morgan fingerprint density at radius 1 is 1.43 bits per heavy atom. The molecular weight excluding hydrogens is 266 g/mol. The van der Waals surface area contributed by atoms with Gasteiger partial charge in [-0.1, -0.05) is 12.1 Å². The summed E-state index contributed by atoms with van der Waals surface area (Å²) >= 11 is 0. The van der Waals surface area contributed by atoms with Crippen LogP contribution in [-0.4, -0.2) is 44.2 Å². The second kappa shape index (κ2) is 7.43. The van der Waals surface area contributed by atoms with Crippen molar-refractivity contribution in [2.24, 2.45) is 5.92 Å². The molecule has 0 unspecified atom stereocenters. The van der Waals surface area contributed by atoms with E-state index in [-0.39, 0.29) is 5.91 Å². The average molecular weight is 291 g/mol. The maximum atomic E-state index is 12.2. The van der Waals surface area contributed by atoms with Crippen LogP contribution in [-0.2, 0) is 9.53 Å². The predicted molar refractivity (Wildman–Crippen MR) is 85.3 cm³/mol.